The number of nitrogens with one attached hydrogen (secondary N) is 1. The Labute approximate surface area is 183 Å². The SMILES string of the molecule is CCN(C(=O)Nc1ccc(Br)cc1)C(C)c1nc2ccccc2c(=O)n1CCOC. The summed E-state index contributed by atoms with van der Waals surface area (Å²) >= 11 is 3.39. The summed E-state index contributed by atoms with van der Waals surface area (Å²) in [6, 6.07) is 13.9. The summed E-state index contributed by atoms with van der Waals surface area (Å²) < 4.78 is 7.72. The van der Waals surface area contributed by atoms with Gasteiger partial charge in [0, 0.05) is 23.8 Å². The number of rotatable bonds is 7. The van der Waals surface area contributed by atoms with E-state index in [0.717, 1.165) is 4.47 Å². The minimum Gasteiger partial charge on any atom is -0.383 e. The summed E-state index contributed by atoms with van der Waals surface area (Å²) in [4.78, 5) is 32.5. The number of urea groups is 1. The quantitative estimate of drug-likeness (QED) is 0.551. The van der Waals surface area contributed by atoms with Crippen molar-refractivity contribution in [3.63, 3.8) is 0 Å². The molecule has 0 aliphatic carbocycles. The fourth-order valence-electron chi connectivity index (χ4n) is 3.36. The number of carbonyl (C=O) groups is 1. The van der Waals surface area contributed by atoms with E-state index in [1.807, 2.05) is 56.3 Å². The highest BCUT2D eigenvalue weighted by Gasteiger charge is 2.25. The van der Waals surface area contributed by atoms with Crippen molar-refractivity contribution in [3.8, 4) is 0 Å². The maximum absolute atomic E-state index is 13.1. The second-order valence-corrected chi connectivity index (χ2v) is 7.75. The number of aromatic nitrogens is 2. The van der Waals surface area contributed by atoms with Gasteiger partial charge in [0.2, 0.25) is 0 Å². The molecule has 0 fully saturated rings. The summed E-state index contributed by atoms with van der Waals surface area (Å²) in [6.07, 6.45) is 0. The molecule has 0 radical (unpaired) electrons. The lowest BCUT2D eigenvalue weighted by Gasteiger charge is -2.29. The van der Waals surface area contributed by atoms with Gasteiger partial charge in [-0.1, -0.05) is 28.1 Å². The summed E-state index contributed by atoms with van der Waals surface area (Å²) in [5.74, 6) is 0.531. The molecule has 3 rings (SSSR count). The molecule has 7 nitrogen and oxygen atoms in total. The maximum atomic E-state index is 13.1. The van der Waals surface area contributed by atoms with Crippen molar-refractivity contribution >= 4 is 38.6 Å². The number of ether oxygens (including phenoxy) is 1. The van der Waals surface area contributed by atoms with Gasteiger partial charge in [0.15, 0.2) is 0 Å². The fourth-order valence-corrected chi connectivity index (χ4v) is 3.63. The van der Waals surface area contributed by atoms with Crippen LogP contribution in [0.3, 0.4) is 0 Å². The molecule has 1 unspecified atom stereocenters. The van der Waals surface area contributed by atoms with E-state index in [1.165, 1.54) is 0 Å². The van der Waals surface area contributed by atoms with Gasteiger partial charge in [0.25, 0.3) is 5.56 Å². The largest absolute Gasteiger partial charge is 0.383 e. The molecular formula is C22H25BrN4O3. The van der Waals surface area contributed by atoms with Crippen molar-refractivity contribution in [1.29, 1.82) is 0 Å². The minimum atomic E-state index is -0.417. The molecule has 0 bridgehead atoms. The average molecular weight is 473 g/mol. The smallest absolute Gasteiger partial charge is 0.322 e. The monoisotopic (exact) mass is 472 g/mol. The lowest BCUT2D eigenvalue weighted by atomic mass is 10.2. The molecule has 2 amide bonds. The molecule has 1 heterocycles. The number of anilines is 1. The first-order valence-corrected chi connectivity index (χ1v) is 10.6. The van der Waals surface area contributed by atoms with Crippen molar-refractivity contribution in [2.45, 2.75) is 26.4 Å². The van der Waals surface area contributed by atoms with E-state index in [-0.39, 0.29) is 11.6 Å². The number of amides is 2. The van der Waals surface area contributed by atoms with Crippen LogP contribution < -0.4 is 10.9 Å². The van der Waals surface area contributed by atoms with E-state index in [9.17, 15) is 9.59 Å². The number of hydrogen-bond donors (Lipinski definition) is 1. The molecule has 0 saturated heterocycles. The molecule has 1 N–H and O–H groups in total. The van der Waals surface area contributed by atoms with Crippen LogP contribution in [-0.4, -0.2) is 40.7 Å². The van der Waals surface area contributed by atoms with Crippen molar-refractivity contribution in [3.05, 3.63) is 69.2 Å². The van der Waals surface area contributed by atoms with Crippen LogP contribution in [0.25, 0.3) is 10.9 Å². The van der Waals surface area contributed by atoms with Gasteiger partial charge < -0.3 is 15.0 Å². The van der Waals surface area contributed by atoms with Gasteiger partial charge in [-0.3, -0.25) is 9.36 Å². The standard InChI is InChI=1S/C22H25BrN4O3/c1-4-26(22(29)24-17-11-9-16(23)10-12-17)15(2)20-25-19-8-6-5-7-18(19)21(28)27(20)13-14-30-3/h5-12,15H,4,13-14H2,1-3H3,(H,24,29). The van der Waals surface area contributed by atoms with Crippen molar-refractivity contribution < 1.29 is 9.53 Å². The minimum absolute atomic E-state index is 0.135. The van der Waals surface area contributed by atoms with Crippen molar-refractivity contribution in [2.24, 2.45) is 0 Å². The number of hydrogen-bond acceptors (Lipinski definition) is 4. The number of methoxy groups -OCH3 is 1. The molecule has 30 heavy (non-hydrogen) atoms. The molecule has 0 spiro atoms. The molecule has 8 heteroatoms. The molecule has 0 aliphatic rings. The highest BCUT2D eigenvalue weighted by Crippen LogP contribution is 2.22. The lowest BCUT2D eigenvalue weighted by Crippen LogP contribution is -2.40. The number of para-hydroxylation sites is 1. The Balaban J connectivity index is 1.97. The zero-order chi connectivity index (χ0) is 21.7. The molecule has 1 aromatic heterocycles. The predicted molar refractivity (Wildman–Crippen MR) is 122 cm³/mol. The second-order valence-electron chi connectivity index (χ2n) is 6.84. The Kier molecular flexibility index (Phi) is 7.23. The summed E-state index contributed by atoms with van der Waals surface area (Å²) in [7, 11) is 1.59. The lowest BCUT2D eigenvalue weighted by molar-refractivity contribution is 0.176. The predicted octanol–water partition coefficient (Wildman–Crippen LogP) is 4.42. The Bertz CT molecular complexity index is 1080. The number of benzene rings is 2. The third-order valence-corrected chi connectivity index (χ3v) is 5.48. The maximum Gasteiger partial charge on any atom is 0.322 e. The third kappa shape index (κ3) is 4.71. The van der Waals surface area contributed by atoms with Crippen LogP contribution in [0, 0.1) is 0 Å². The first-order valence-electron chi connectivity index (χ1n) is 9.77. The van der Waals surface area contributed by atoms with Crippen LogP contribution in [0.1, 0.15) is 25.7 Å². The van der Waals surface area contributed by atoms with Crippen molar-refractivity contribution in [2.75, 3.05) is 25.6 Å². The van der Waals surface area contributed by atoms with E-state index < -0.39 is 6.04 Å². The van der Waals surface area contributed by atoms with E-state index in [2.05, 4.69) is 21.2 Å². The summed E-state index contributed by atoms with van der Waals surface area (Å²) in [6.45, 7) is 4.97. The Morgan fingerprint density at radius 1 is 1.23 bits per heavy atom. The summed E-state index contributed by atoms with van der Waals surface area (Å²) in [5.41, 5.74) is 1.17. The van der Waals surface area contributed by atoms with Crippen LogP contribution in [0.2, 0.25) is 0 Å². The molecule has 2 aromatic carbocycles. The first-order chi connectivity index (χ1) is 14.5. The van der Waals surface area contributed by atoms with Gasteiger partial charge in [-0.05, 0) is 50.2 Å². The van der Waals surface area contributed by atoms with E-state index >= 15 is 0 Å². The van der Waals surface area contributed by atoms with Gasteiger partial charge >= 0.3 is 6.03 Å². The topological polar surface area (TPSA) is 76.5 Å². The fraction of sp³-hybridized carbons (Fsp3) is 0.318. The zero-order valence-corrected chi connectivity index (χ0v) is 18.8. The van der Waals surface area contributed by atoms with Gasteiger partial charge in [0.05, 0.1) is 30.1 Å². The Morgan fingerprint density at radius 3 is 2.60 bits per heavy atom. The molecular weight excluding hydrogens is 448 g/mol. The van der Waals surface area contributed by atoms with Crippen molar-refractivity contribution in [1.82, 2.24) is 14.5 Å². The molecule has 0 aliphatic heterocycles. The highest BCUT2D eigenvalue weighted by molar-refractivity contribution is 9.10. The number of fused-ring (bicyclic) bond motifs is 1. The van der Waals surface area contributed by atoms with E-state index in [4.69, 9.17) is 9.72 Å². The van der Waals surface area contributed by atoms with E-state index in [0.29, 0.717) is 42.1 Å². The van der Waals surface area contributed by atoms with Gasteiger partial charge in [-0.25, -0.2) is 9.78 Å². The van der Waals surface area contributed by atoms with Crippen LogP contribution in [0.5, 0.6) is 0 Å². The number of nitrogens with zero attached hydrogens (tertiary/aromatic N) is 3. The van der Waals surface area contributed by atoms with Gasteiger partial charge in [-0.15, -0.1) is 0 Å². The number of halogens is 1. The van der Waals surface area contributed by atoms with Crippen LogP contribution in [0.4, 0.5) is 10.5 Å². The molecule has 0 saturated carbocycles. The highest BCUT2D eigenvalue weighted by atomic mass is 79.9. The third-order valence-electron chi connectivity index (χ3n) is 4.95. The van der Waals surface area contributed by atoms with Gasteiger partial charge in [-0.2, -0.15) is 0 Å². The summed E-state index contributed by atoms with van der Waals surface area (Å²) in [5, 5.41) is 3.46. The Morgan fingerprint density at radius 2 is 1.93 bits per heavy atom. The first kappa shape index (κ1) is 22.0. The molecule has 158 valence electrons. The van der Waals surface area contributed by atoms with E-state index in [1.54, 1.807) is 22.6 Å². The Hall–Kier alpha value is -2.71. The number of carbonyl (C=O) groups excluding carboxylic acids is 1. The second kappa shape index (κ2) is 9.86. The van der Waals surface area contributed by atoms with Crippen LogP contribution >= 0.6 is 15.9 Å². The van der Waals surface area contributed by atoms with Crippen LogP contribution in [0.15, 0.2) is 57.8 Å². The molecule has 3 aromatic rings. The molecule has 1 atom stereocenters. The zero-order valence-electron chi connectivity index (χ0n) is 17.3. The average Bonchev–Trinajstić information content (AvgIpc) is 2.75. The van der Waals surface area contributed by atoms with Crippen LogP contribution in [-0.2, 0) is 11.3 Å². The van der Waals surface area contributed by atoms with Gasteiger partial charge in [0.1, 0.15) is 5.82 Å². The normalized spacial score (nSPS) is 12.0.